The number of hydrogen-bond donors (Lipinski definition) is 1. The van der Waals surface area contributed by atoms with E-state index in [1.165, 1.54) is 0 Å². The monoisotopic (exact) mass is 695 g/mol. The number of hydrogen-bond acceptors (Lipinski definition) is 7. The molecular weight excluding hydrogens is 648 g/mol. The van der Waals surface area contributed by atoms with E-state index in [-0.39, 0.29) is 37.3 Å². The van der Waals surface area contributed by atoms with E-state index in [9.17, 15) is 14.4 Å². The van der Waals surface area contributed by atoms with Crippen molar-refractivity contribution in [2.24, 2.45) is 0 Å². The molecule has 259 valence electrons. The molecule has 0 aromatic heterocycles. The van der Waals surface area contributed by atoms with E-state index in [0.29, 0.717) is 22.2 Å². The van der Waals surface area contributed by atoms with Gasteiger partial charge >= 0.3 is 12.1 Å². The predicted octanol–water partition coefficient (Wildman–Crippen LogP) is 9.10. The summed E-state index contributed by atoms with van der Waals surface area (Å²) in [4.78, 5) is 40.3. The summed E-state index contributed by atoms with van der Waals surface area (Å²) in [6.45, 7) is 18.0. The molecule has 3 aromatic rings. The van der Waals surface area contributed by atoms with Crippen LogP contribution in [0.4, 0.5) is 10.5 Å². The molecule has 1 radical (unpaired) electrons. The number of alkyl carbamates (subject to hydrolysis) is 1. The van der Waals surface area contributed by atoms with Gasteiger partial charge in [-0.1, -0.05) is 68.8 Å². The maximum Gasteiger partial charge on any atom is 0.407 e. The molecule has 11 heteroatoms. The van der Waals surface area contributed by atoms with Crippen LogP contribution in [0.25, 0.3) is 0 Å². The highest BCUT2D eigenvalue weighted by atomic mass is 35.5. The number of rotatable bonds is 13. The molecule has 0 saturated heterocycles. The van der Waals surface area contributed by atoms with Gasteiger partial charge in [0, 0.05) is 29.6 Å². The molecule has 1 N–H and O–H groups in total. The van der Waals surface area contributed by atoms with Gasteiger partial charge < -0.3 is 24.0 Å². The summed E-state index contributed by atoms with van der Waals surface area (Å²) in [5, 5.41) is 3.16. The molecule has 3 aromatic carbocycles. The molecule has 3 rings (SSSR count). The molecule has 0 heterocycles. The maximum absolute atomic E-state index is 14.2. The Balaban J connectivity index is 2.06. The minimum atomic E-state index is -1.35. The fraction of sp³-hybridized carbons (Fsp3) is 0.432. The summed E-state index contributed by atoms with van der Waals surface area (Å²) in [5.41, 5.74) is 2.41. The van der Waals surface area contributed by atoms with Crippen molar-refractivity contribution in [2.75, 3.05) is 11.5 Å². The molecular formula is C37H48ClN2O7Si. The van der Waals surface area contributed by atoms with Gasteiger partial charge in [-0.25, -0.2) is 4.79 Å². The third-order valence-electron chi connectivity index (χ3n) is 6.90. The second kappa shape index (κ2) is 17.0. The van der Waals surface area contributed by atoms with E-state index >= 15 is 0 Å². The van der Waals surface area contributed by atoms with Crippen LogP contribution in [0.5, 0.6) is 11.5 Å². The molecule has 0 aliphatic heterocycles. The van der Waals surface area contributed by atoms with Crippen LogP contribution in [0.1, 0.15) is 84.2 Å². The van der Waals surface area contributed by atoms with Crippen LogP contribution in [-0.4, -0.2) is 39.2 Å². The van der Waals surface area contributed by atoms with E-state index in [1.807, 2.05) is 43.4 Å². The summed E-state index contributed by atoms with van der Waals surface area (Å²) in [6, 6.07) is 20.3. The van der Waals surface area contributed by atoms with Crippen molar-refractivity contribution in [3.8, 4) is 11.5 Å². The smallest absolute Gasteiger partial charge is 0.407 e. The first-order chi connectivity index (χ1) is 22.5. The highest BCUT2D eigenvalue weighted by Gasteiger charge is 2.32. The lowest BCUT2D eigenvalue weighted by Crippen LogP contribution is -2.38. The summed E-state index contributed by atoms with van der Waals surface area (Å²) >= 11 is 6.48. The Morgan fingerprint density at radius 2 is 1.60 bits per heavy atom. The molecule has 0 spiro atoms. The van der Waals surface area contributed by atoms with Crippen molar-refractivity contribution in [2.45, 2.75) is 98.2 Å². The Hall–Kier alpha value is -3.86. The Kier molecular flexibility index (Phi) is 13.7. The lowest BCUT2D eigenvalue weighted by Gasteiger charge is -2.35. The lowest BCUT2D eigenvalue weighted by molar-refractivity contribution is -0.144. The van der Waals surface area contributed by atoms with Crippen LogP contribution < -0.4 is 15.0 Å². The maximum atomic E-state index is 14.2. The van der Waals surface area contributed by atoms with Crippen molar-refractivity contribution >= 4 is 44.3 Å². The number of nitrogens with zero attached hydrogens (tertiary/aromatic N) is 1. The minimum Gasteiger partial charge on any atom is -0.466 e. The Morgan fingerprint density at radius 3 is 2.21 bits per heavy atom. The first kappa shape index (κ1) is 38.6. The van der Waals surface area contributed by atoms with Gasteiger partial charge in [-0.3, -0.25) is 14.5 Å². The second-order valence-electron chi connectivity index (χ2n) is 13.5. The van der Waals surface area contributed by atoms with Crippen LogP contribution >= 0.6 is 11.6 Å². The normalized spacial score (nSPS) is 12.3. The van der Waals surface area contributed by atoms with Crippen LogP contribution in [0.3, 0.4) is 0 Å². The first-order valence-corrected chi connectivity index (χ1v) is 18.8. The molecule has 0 aliphatic carbocycles. The van der Waals surface area contributed by atoms with E-state index in [0.717, 1.165) is 16.7 Å². The first-order valence-electron chi connectivity index (χ1n) is 16.0. The van der Waals surface area contributed by atoms with Crippen molar-refractivity contribution in [1.82, 2.24) is 5.32 Å². The summed E-state index contributed by atoms with van der Waals surface area (Å²) < 4.78 is 23.4. The number of amides is 2. The van der Waals surface area contributed by atoms with E-state index < -0.39 is 32.9 Å². The summed E-state index contributed by atoms with van der Waals surface area (Å²) in [5.74, 6) is -0.0367. The molecule has 0 aliphatic rings. The van der Waals surface area contributed by atoms with E-state index in [1.54, 1.807) is 69.0 Å². The van der Waals surface area contributed by atoms with Gasteiger partial charge in [0.15, 0.2) is 12.0 Å². The topological polar surface area (TPSA) is 103 Å². The van der Waals surface area contributed by atoms with E-state index in [2.05, 4.69) is 26.1 Å². The quantitative estimate of drug-likeness (QED) is 0.108. The largest absolute Gasteiger partial charge is 0.466 e. The number of carbonyl (C=O) groups excluding carboxylic acids is 3. The van der Waals surface area contributed by atoms with Crippen LogP contribution in [0.15, 0.2) is 66.7 Å². The van der Waals surface area contributed by atoms with Gasteiger partial charge in [-0.15, -0.1) is 0 Å². The number of ether oxygens (including phenoxy) is 3. The van der Waals surface area contributed by atoms with Crippen LogP contribution in [0.2, 0.25) is 18.1 Å². The molecule has 48 heavy (non-hydrogen) atoms. The molecule has 1 unspecified atom stereocenters. The summed E-state index contributed by atoms with van der Waals surface area (Å²) in [6.07, 6.45) is -1.55. The molecule has 2 amide bonds. The van der Waals surface area contributed by atoms with Gasteiger partial charge in [-0.05, 0) is 81.6 Å². The lowest BCUT2D eigenvalue weighted by atomic mass is 9.86. The fourth-order valence-corrected chi connectivity index (χ4v) is 5.55. The SMILES string of the molecule is CCOC(=O)CCC(=O)N(c1ccc(Cl)cc1Oc1cccc(CNC(=O)OC(C)(C)C)c1)C(O[Si](C)C)c1ccc(C(C)(C)C)cc1. The van der Waals surface area contributed by atoms with E-state index in [4.69, 9.17) is 30.2 Å². The zero-order valence-electron chi connectivity index (χ0n) is 29.4. The second-order valence-corrected chi connectivity index (χ2v) is 16.0. The van der Waals surface area contributed by atoms with Gasteiger partial charge in [0.25, 0.3) is 0 Å². The average Bonchev–Trinajstić information content (AvgIpc) is 2.98. The third-order valence-corrected chi connectivity index (χ3v) is 7.83. The van der Waals surface area contributed by atoms with Crippen LogP contribution in [0, 0.1) is 0 Å². The zero-order chi connectivity index (χ0) is 35.6. The number of halogens is 1. The molecule has 9 nitrogen and oxygen atoms in total. The third kappa shape index (κ3) is 12.0. The predicted molar refractivity (Wildman–Crippen MR) is 191 cm³/mol. The number of nitrogens with one attached hydrogen (secondary N) is 1. The van der Waals surface area contributed by atoms with Crippen molar-refractivity contribution < 1.29 is 33.0 Å². The van der Waals surface area contributed by atoms with Gasteiger partial charge in [0.2, 0.25) is 14.9 Å². The summed E-state index contributed by atoms with van der Waals surface area (Å²) in [7, 11) is -1.35. The molecule has 1 atom stereocenters. The minimum absolute atomic E-state index is 0.0668. The number of benzene rings is 3. The Bertz CT molecular complexity index is 1550. The molecule has 0 saturated carbocycles. The molecule has 0 bridgehead atoms. The van der Waals surface area contributed by atoms with Crippen molar-refractivity contribution in [3.63, 3.8) is 0 Å². The highest BCUT2D eigenvalue weighted by Crippen LogP contribution is 2.40. The molecule has 0 fully saturated rings. The fourth-order valence-electron chi connectivity index (χ4n) is 4.70. The van der Waals surface area contributed by atoms with Gasteiger partial charge in [-0.2, -0.15) is 0 Å². The standard InChI is InChI=1S/C37H48ClN2O7Si/c1-10-44-33(42)21-20-32(41)40(34(47-48(8)9)26-14-16-27(17-15-26)36(2,3)4)30-19-18-28(38)23-31(30)45-29-13-11-12-25(22-29)24-39-35(43)46-37(5,6)7/h11-19,22-23,34H,10,20-21,24H2,1-9H3,(H,39,43). The van der Waals surface area contributed by atoms with Crippen molar-refractivity contribution in [3.05, 3.63) is 88.4 Å². The average molecular weight is 696 g/mol. The zero-order valence-corrected chi connectivity index (χ0v) is 31.2. The number of carbonyl (C=O) groups is 3. The number of esters is 1. The van der Waals surface area contributed by atoms with Gasteiger partial charge in [0.1, 0.15) is 11.4 Å². The number of anilines is 1. The van der Waals surface area contributed by atoms with Gasteiger partial charge in [0.05, 0.1) is 18.7 Å². The van der Waals surface area contributed by atoms with Crippen LogP contribution in [-0.2, 0) is 35.4 Å². The Morgan fingerprint density at radius 1 is 0.917 bits per heavy atom. The Labute approximate surface area is 291 Å². The van der Waals surface area contributed by atoms with Crippen molar-refractivity contribution in [1.29, 1.82) is 0 Å². The highest BCUT2D eigenvalue weighted by molar-refractivity contribution is 6.48.